The van der Waals surface area contributed by atoms with E-state index in [1.807, 2.05) is 79.7 Å². The van der Waals surface area contributed by atoms with Crippen molar-refractivity contribution < 1.29 is 27.0 Å². The minimum absolute atomic E-state index is 0. The first-order valence-corrected chi connectivity index (χ1v) is 18.6. The Labute approximate surface area is 310 Å². The molecule has 1 heterocycles. The third kappa shape index (κ3) is 8.72. The van der Waals surface area contributed by atoms with Gasteiger partial charge in [-0.05, 0) is 82.5 Å². The molecular weight excluding hydrogens is 689 g/mol. The van der Waals surface area contributed by atoms with Crippen LogP contribution < -0.4 is 16.8 Å². The first kappa shape index (κ1) is 38.6. The number of nitrogens with one attached hydrogen (secondary N) is 2. The predicted molar refractivity (Wildman–Crippen MR) is 209 cm³/mol. The van der Waals surface area contributed by atoms with Crippen LogP contribution in [0.3, 0.4) is 0 Å². The molecule has 1 atom stereocenters. The van der Waals surface area contributed by atoms with Crippen LogP contribution in [0.4, 0.5) is 5.69 Å². The SMILES string of the molecule is Cc1cccc2oc([C@](Cc3ccc(C(=O)NCCS(=O)(=O)O)cc3)(C(=O)Nc3ccccc3)c3ccc(-c4ccc(C(C)(C)C)cc4)cc3)nc12.N. The predicted octanol–water partition coefficient (Wildman–Crippen LogP) is 8.05. The van der Waals surface area contributed by atoms with Crippen molar-refractivity contribution >= 4 is 38.7 Å². The summed E-state index contributed by atoms with van der Waals surface area (Å²) >= 11 is 0. The number of oxazole rings is 1. The number of nitrogens with zero attached hydrogens (tertiary/aromatic N) is 1. The molecule has 2 amide bonds. The van der Waals surface area contributed by atoms with Crippen molar-refractivity contribution in [1.29, 1.82) is 0 Å². The second kappa shape index (κ2) is 15.5. The first-order valence-electron chi connectivity index (χ1n) is 17.0. The lowest BCUT2D eigenvalue weighted by Gasteiger charge is -2.31. The maximum Gasteiger partial charge on any atom is 0.266 e. The van der Waals surface area contributed by atoms with Gasteiger partial charge in [-0.25, -0.2) is 4.98 Å². The topological polar surface area (TPSA) is 174 Å². The van der Waals surface area contributed by atoms with E-state index in [2.05, 4.69) is 55.7 Å². The second-order valence-electron chi connectivity index (χ2n) is 14.0. The zero-order chi connectivity index (χ0) is 37.1. The number of carbonyl (C=O) groups is 2. The molecule has 0 saturated heterocycles. The molecule has 6 aromatic rings. The summed E-state index contributed by atoms with van der Waals surface area (Å²) in [7, 11) is -4.22. The Kier molecular flexibility index (Phi) is 11.3. The number of amides is 2. The molecule has 10 nitrogen and oxygen atoms in total. The van der Waals surface area contributed by atoms with E-state index in [9.17, 15) is 18.0 Å². The van der Waals surface area contributed by atoms with Crippen molar-refractivity contribution in [2.75, 3.05) is 17.6 Å². The van der Waals surface area contributed by atoms with Crippen LogP contribution in [-0.2, 0) is 32.2 Å². The fourth-order valence-electron chi connectivity index (χ4n) is 6.22. The molecule has 6 rings (SSSR count). The van der Waals surface area contributed by atoms with Gasteiger partial charge >= 0.3 is 0 Å². The number of aryl methyl sites for hydroxylation is 1. The fourth-order valence-corrected chi connectivity index (χ4v) is 6.58. The van der Waals surface area contributed by atoms with Crippen LogP contribution in [0.2, 0.25) is 0 Å². The standard InChI is InChI=1S/C42H41N3O6S.H3N/c1-28-9-8-12-36-37(28)45-40(51-36)42(39(47)44-35-10-6-5-7-11-35,27-29-13-15-32(16-14-29)38(46)43-25-26-52(48,49)50)34-23-19-31(20-24-34)30-17-21-33(22-18-30)41(2,3)4;/h5-24H,25-27H2,1-4H3,(H,43,46)(H,44,47)(H,48,49,50);1H3/t42-;/m0./s1. The van der Waals surface area contributed by atoms with E-state index in [0.717, 1.165) is 22.3 Å². The molecule has 0 radical (unpaired) electrons. The van der Waals surface area contributed by atoms with E-state index in [1.54, 1.807) is 24.3 Å². The summed E-state index contributed by atoms with van der Waals surface area (Å²) in [5.74, 6) is -1.22. The average molecular weight is 733 g/mol. The number of hydrogen-bond acceptors (Lipinski definition) is 7. The molecule has 0 bridgehead atoms. The molecule has 0 aliphatic rings. The van der Waals surface area contributed by atoms with Gasteiger partial charge in [0.1, 0.15) is 5.52 Å². The minimum atomic E-state index is -4.22. The summed E-state index contributed by atoms with van der Waals surface area (Å²) in [5, 5.41) is 5.62. The lowest BCUT2D eigenvalue weighted by atomic mass is 9.73. The monoisotopic (exact) mass is 732 g/mol. The molecule has 0 saturated carbocycles. The van der Waals surface area contributed by atoms with Crippen molar-refractivity contribution in [3.8, 4) is 11.1 Å². The van der Waals surface area contributed by atoms with Gasteiger partial charge in [0.05, 0.1) is 5.75 Å². The average Bonchev–Trinajstić information content (AvgIpc) is 3.57. The molecule has 6 N–H and O–H groups in total. The van der Waals surface area contributed by atoms with Gasteiger partial charge in [0.25, 0.3) is 16.0 Å². The number of aromatic nitrogens is 1. The normalized spacial score (nSPS) is 12.8. The summed E-state index contributed by atoms with van der Waals surface area (Å²) < 4.78 is 37.7. The van der Waals surface area contributed by atoms with Gasteiger partial charge in [-0.15, -0.1) is 0 Å². The van der Waals surface area contributed by atoms with Crippen LogP contribution in [0.5, 0.6) is 0 Å². The van der Waals surface area contributed by atoms with E-state index in [-0.39, 0.29) is 41.9 Å². The van der Waals surface area contributed by atoms with Crippen LogP contribution in [0, 0.1) is 6.92 Å². The Morgan fingerprint density at radius 2 is 1.38 bits per heavy atom. The molecule has 0 aliphatic carbocycles. The number of rotatable bonds is 11. The molecule has 0 fully saturated rings. The molecule has 1 aromatic heterocycles. The van der Waals surface area contributed by atoms with Gasteiger partial charge < -0.3 is 21.2 Å². The number of carbonyl (C=O) groups excluding carboxylic acids is 2. The van der Waals surface area contributed by atoms with Gasteiger partial charge in [-0.1, -0.05) is 112 Å². The quantitative estimate of drug-likeness (QED) is 0.0969. The zero-order valence-electron chi connectivity index (χ0n) is 30.2. The van der Waals surface area contributed by atoms with Gasteiger partial charge in [-0.3, -0.25) is 14.1 Å². The van der Waals surface area contributed by atoms with Gasteiger partial charge in [-0.2, -0.15) is 8.42 Å². The van der Waals surface area contributed by atoms with Crippen LogP contribution in [0.25, 0.3) is 22.2 Å². The van der Waals surface area contributed by atoms with E-state index in [0.29, 0.717) is 22.4 Å². The van der Waals surface area contributed by atoms with E-state index in [4.69, 9.17) is 14.0 Å². The molecule has 0 unspecified atom stereocenters. The Balaban J connectivity index is 0.00000541. The lowest BCUT2D eigenvalue weighted by Crippen LogP contribution is -2.44. The van der Waals surface area contributed by atoms with Gasteiger partial charge in [0.15, 0.2) is 11.0 Å². The van der Waals surface area contributed by atoms with Crippen molar-refractivity contribution in [3.63, 3.8) is 0 Å². The molecule has 53 heavy (non-hydrogen) atoms. The summed E-state index contributed by atoms with van der Waals surface area (Å²) in [6.07, 6.45) is 0.127. The summed E-state index contributed by atoms with van der Waals surface area (Å²) in [4.78, 5) is 32.6. The summed E-state index contributed by atoms with van der Waals surface area (Å²) in [6, 6.07) is 38.0. The second-order valence-corrected chi connectivity index (χ2v) is 15.6. The van der Waals surface area contributed by atoms with Gasteiger partial charge in [0, 0.05) is 17.8 Å². The Morgan fingerprint density at radius 3 is 1.94 bits per heavy atom. The zero-order valence-corrected chi connectivity index (χ0v) is 31.0. The summed E-state index contributed by atoms with van der Waals surface area (Å²) in [5.41, 5.74) is 6.22. The highest BCUT2D eigenvalue weighted by atomic mass is 32.2. The largest absolute Gasteiger partial charge is 0.439 e. The highest BCUT2D eigenvalue weighted by Crippen LogP contribution is 2.40. The number of fused-ring (bicyclic) bond motifs is 1. The maximum absolute atomic E-state index is 14.9. The number of para-hydroxylation sites is 2. The molecule has 5 aromatic carbocycles. The van der Waals surface area contributed by atoms with Crippen molar-refractivity contribution in [1.82, 2.24) is 16.5 Å². The molecule has 274 valence electrons. The minimum Gasteiger partial charge on any atom is -0.439 e. The Hall–Kier alpha value is -5.62. The Morgan fingerprint density at radius 1 is 0.774 bits per heavy atom. The van der Waals surface area contributed by atoms with Crippen molar-refractivity contribution in [2.24, 2.45) is 0 Å². The molecule has 0 aliphatic heterocycles. The van der Waals surface area contributed by atoms with E-state index in [1.165, 1.54) is 5.56 Å². The van der Waals surface area contributed by atoms with Crippen molar-refractivity contribution in [2.45, 2.75) is 44.9 Å². The van der Waals surface area contributed by atoms with E-state index < -0.39 is 27.2 Å². The number of hydrogen-bond donors (Lipinski definition) is 4. The van der Waals surface area contributed by atoms with Gasteiger partial charge in [0.2, 0.25) is 11.8 Å². The third-order valence-electron chi connectivity index (χ3n) is 9.20. The molecule has 0 spiro atoms. The highest BCUT2D eigenvalue weighted by molar-refractivity contribution is 7.85. The van der Waals surface area contributed by atoms with Crippen LogP contribution in [0.1, 0.15) is 59.3 Å². The van der Waals surface area contributed by atoms with Crippen LogP contribution in [-0.4, -0.2) is 42.1 Å². The number of anilines is 1. The van der Waals surface area contributed by atoms with E-state index >= 15 is 0 Å². The highest BCUT2D eigenvalue weighted by Gasteiger charge is 2.47. The fraction of sp³-hybridized carbons (Fsp3) is 0.214. The summed E-state index contributed by atoms with van der Waals surface area (Å²) in [6.45, 7) is 8.25. The first-order chi connectivity index (χ1) is 24.7. The van der Waals surface area contributed by atoms with Crippen LogP contribution >= 0.6 is 0 Å². The lowest BCUT2D eigenvalue weighted by molar-refractivity contribution is -0.120. The Bertz CT molecular complexity index is 2320. The third-order valence-corrected chi connectivity index (χ3v) is 9.92. The molecular formula is C42H44N4O6S. The molecule has 11 heteroatoms. The van der Waals surface area contributed by atoms with Crippen LogP contribution in [0.15, 0.2) is 126 Å². The maximum atomic E-state index is 14.9. The number of benzene rings is 5. The smallest absolute Gasteiger partial charge is 0.266 e. The van der Waals surface area contributed by atoms with Crippen molar-refractivity contribution in [3.05, 3.63) is 155 Å².